The number of nitrogens with zero attached hydrogens (tertiary/aromatic N) is 5. The number of phenols is 1. The Bertz CT molecular complexity index is 2110. The molecule has 1 heterocycles. The highest BCUT2D eigenvalue weighted by Crippen LogP contribution is 2.44. The SMILES string of the molecule is Cc1cc(N=Nc2ccc(N=Nc3c(S(=O)(=O)O)cc4cc(SO)c(N)cc4c3O)c3ccccc23)ccc1N1CCNCC1. The summed E-state index contributed by atoms with van der Waals surface area (Å²) in [6, 6.07) is 20.7. The molecule has 0 aromatic heterocycles. The van der Waals surface area contributed by atoms with Crippen molar-refractivity contribution >= 4 is 77.8 Å². The normalized spacial score (nSPS) is 14.3. The molecule has 0 unspecified atom stereocenters. The number of nitrogens with one attached hydrogen (secondary N) is 1. The quantitative estimate of drug-likeness (QED) is 0.0514. The van der Waals surface area contributed by atoms with Gasteiger partial charge in [0.2, 0.25) is 0 Å². The van der Waals surface area contributed by atoms with Gasteiger partial charge in [0.15, 0.2) is 5.75 Å². The first-order chi connectivity index (χ1) is 21.6. The molecule has 6 rings (SSSR count). The van der Waals surface area contributed by atoms with E-state index >= 15 is 0 Å². The second-order valence-corrected chi connectivity index (χ2v) is 12.5. The maximum Gasteiger partial charge on any atom is 0.296 e. The average Bonchev–Trinajstić information content (AvgIpc) is 3.03. The van der Waals surface area contributed by atoms with E-state index in [1.54, 1.807) is 12.1 Å². The summed E-state index contributed by atoms with van der Waals surface area (Å²) < 4.78 is 44.0. The van der Waals surface area contributed by atoms with Crippen LogP contribution in [-0.4, -0.2) is 48.8 Å². The summed E-state index contributed by atoms with van der Waals surface area (Å²) in [5.41, 5.74) is 9.63. The predicted molar refractivity (Wildman–Crippen MR) is 177 cm³/mol. The van der Waals surface area contributed by atoms with Gasteiger partial charge in [-0.05, 0) is 66.4 Å². The van der Waals surface area contributed by atoms with Crippen molar-refractivity contribution in [1.82, 2.24) is 5.32 Å². The summed E-state index contributed by atoms with van der Waals surface area (Å²) >= 11 is 0.373. The molecule has 0 aliphatic carbocycles. The van der Waals surface area contributed by atoms with Gasteiger partial charge in [0, 0.05) is 65.8 Å². The number of phenolic OH excluding ortho intramolecular Hbond substituents is 1. The lowest BCUT2D eigenvalue weighted by Crippen LogP contribution is -2.43. The number of anilines is 2. The van der Waals surface area contributed by atoms with Crippen molar-refractivity contribution < 1.29 is 22.6 Å². The Labute approximate surface area is 263 Å². The smallest absolute Gasteiger partial charge is 0.296 e. The summed E-state index contributed by atoms with van der Waals surface area (Å²) in [5, 5.41) is 33.5. The molecule has 0 spiro atoms. The predicted octanol–water partition coefficient (Wildman–Crippen LogP) is 7.64. The lowest BCUT2D eigenvalue weighted by Gasteiger charge is -2.30. The van der Waals surface area contributed by atoms with Crippen molar-refractivity contribution in [3.05, 3.63) is 78.4 Å². The van der Waals surface area contributed by atoms with Crippen LogP contribution in [0.5, 0.6) is 5.75 Å². The van der Waals surface area contributed by atoms with E-state index in [-0.39, 0.29) is 21.4 Å². The van der Waals surface area contributed by atoms with Crippen LogP contribution in [0.15, 0.2) is 103 Å². The van der Waals surface area contributed by atoms with E-state index in [4.69, 9.17) is 5.73 Å². The summed E-state index contributed by atoms with van der Waals surface area (Å²) in [6.07, 6.45) is 0. The molecule has 230 valence electrons. The standard InChI is InChI=1S/C31H29N7O5S2/c1-18-14-20(6-9-27(18)38-12-10-33-11-13-38)34-35-25-7-8-26(22-5-3-2-4-21(22)25)36-37-30-29(45(41,42)43)16-19-15-28(44-40)24(32)17-23(19)31(30)39/h2-9,14-17,33,39-40H,10-13,32H2,1H3,(H,41,42,43). The molecule has 5 aromatic rings. The number of rotatable bonds is 7. The zero-order chi connectivity index (χ0) is 31.7. The minimum atomic E-state index is -4.82. The fourth-order valence-corrected chi connectivity index (χ4v) is 6.38. The number of nitrogen functional groups attached to an aromatic ring is 1. The highest BCUT2D eigenvalue weighted by Gasteiger charge is 2.23. The van der Waals surface area contributed by atoms with Crippen molar-refractivity contribution in [2.75, 3.05) is 36.8 Å². The highest BCUT2D eigenvalue weighted by atomic mass is 32.2. The summed E-state index contributed by atoms with van der Waals surface area (Å²) in [7, 11) is -4.82. The molecular formula is C31H29N7O5S2. The van der Waals surface area contributed by atoms with Crippen LogP contribution in [-0.2, 0) is 10.1 Å². The number of piperazine rings is 1. The molecule has 45 heavy (non-hydrogen) atoms. The third kappa shape index (κ3) is 6.18. The maximum atomic E-state index is 12.3. The van der Waals surface area contributed by atoms with Crippen LogP contribution in [0.4, 0.5) is 34.1 Å². The monoisotopic (exact) mass is 643 g/mol. The first-order valence-electron chi connectivity index (χ1n) is 13.9. The molecule has 6 N–H and O–H groups in total. The first-order valence-corrected chi connectivity index (χ1v) is 16.1. The van der Waals surface area contributed by atoms with Gasteiger partial charge in [-0.25, -0.2) is 0 Å². The van der Waals surface area contributed by atoms with Gasteiger partial charge < -0.3 is 25.6 Å². The number of nitrogens with two attached hydrogens (primary N) is 1. The lowest BCUT2D eigenvalue weighted by molar-refractivity contribution is 0.472. The van der Waals surface area contributed by atoms with Gasteiger partial charge in [-0.1, -0.05) is 24.3 Å². The van der Waals surface area contributed by atoms with Crippen molar-refractivity contribution in [2.45, 2.75) is 16.7 Å². The molecule has 1 saturated heterocycles. The molecule has 0 amide bonds. The Morgan fingerprint density at radius 1 is 0.867 bits per heavy atom. The Balaban J connectivity index is 1.36. The molecule has 0 bridgehead atoms. The molecule has 1 aliphatic rings. The van der Waals surface area contributed by atoms with Gasteiger partial charge >= 0.3 is 0 Å². The Hall–Kier alpha value is -4.60. The fourth-order valence-electron chi connectivity index (χ4n) is 5.38. The van der Waals surface area contributed by atoms with E-state index in [1.807, 2.05) is 36.4 Å². The minimum absolute atomic E-state index is 0.161. The van der Waals surface area contributed by atoms with Gasteiger partial charge in [0.1, 0.15) is 10.6 Å². The number of hydrogen-bond donors (Lipinski definition) is 5. The van der Waals surface area contributed by atoms with Crippen LogP contribution in [0, 0.1) is 6.92 Å². The largest absolute Gasteiger partial charge is 0.505 e. The van der Waals surface area contributed by atoms with Crippen molar-refractivity contribution in [3.8, 4) is 5.75 Å². The number of aromatic hydroxyl groups is 1. The summed E-state index contributed by atoms with van der Waals surface area (Å²) in [5.74, 6) is -0.543. The van der Waals surface area contributed by atoms with Crippen LogP contribution < -0.4 is 16.0 Å². The number of fused-ring (bicyclic) bond motifs is 2. The summed E-state index contributed by atoms with van der Waals surface area (Å²) in [4.78, 5) is 1.96. The third-order valence-electron chi connectivity index (χ3n) is 7.60. The topological polar surface area (TPSA) is 186 Å². The number of azo groups is 2. The van der Waals surface area contributed by atoms with Gasteiger partial charge in [-0.3, -0.25) is 4.55 Å². The summed E-state index contributed by atoms with van der Waals surface area (Å²) in [6.45, 7) is 5.87. The fraction of sp³-hybridized carbons (Fsp3) is 0.161. The molecule has 0 saturated carbocycles. The van der Waals surface area contributed by atoms with E-state index in [9.17, 15) is 22.6 Å². The Morgan fingerprint density at radius 3 is 2.16 bits per heavy atom. The van der Waals surface area contributed by atoms with Crippen molar-refractivity contribution in [3.63, 3.8) is 0 Å². The second-order valence-electron chi connectivity index (χ2n) is 10.5. The highest BCUT2D eigenvalue weighted by molar-refractivity contribution is 7.94. The zero-order valence-corrected chi connectivity index (χ0v) is 25.7. The number of hydrogen-bond acceptors (Lipinski definition) is 12. The van der Waals surface area contributed by atoms with Crippen molar-refractivity contribution in [1.29, 1.82) is 0 Å². The van der Waals surface area contributed by atoms with Gasteiger partial charge in [0.05, 0.1) is 22.0 Å². The minimum Gasteiger partial charge on any atom is -0.505 e. The molecule has 12 nitrogen and oxygen atoms in total. The van der Waals surface area contributed by atoms with Crippen molar-refractivity contribution in [2.24, 2.45) is 20.5 Å². The third-order valence-corrected chi connectivity index (χ3v) is 9.02. The van der Waals surface area contributed by atoms with Gasteiger partial charge in [0.25, 0.3) is 10.1 Å². The maximum absolute atomic E-state index is 12.3. The molecule has 0 radical (unpaired) electrons. The van der Waals surface area contributed by atoms with Gasteiger partial charge in [-0.15, -0.1) is 15.3 Å². The van der Waals surface area contributed by atoms with E-state index < -0.39 is 26.5 Å². The van der Waals surface area contributed by atoms with Gasteiger partial charge in [-0.2, -0.15) is 13.5 Å². The van der Waals surface area contributed by atoms with Crippen LogP contribution in [0.2, 0.25) is 0 Å². The molecule has 14 heteroatoms. The molecule has 1 fully saturated rings. The van der Waals surface area contributed by atoms with Crippen LogP contribution in [0.3, 0.4) is 0 Å². The van der Waals surface area contributed by atoms with Crippen LogP contribution >= 0.6 is 12.0 Å². The van der Waals surface area contributed by atoms with E-state index in [0.717, 1.165) is 43.2 Å². The first kappa shape index (κ1) is 30.4. The van der Waals surface area contributed by atoms with E-state index in [0.29, 0.717) is 34.5 Å². The molecular weight excluding hydrogens is 615 g/mol. The average molecular weight is 644 g/mol. The van der Waals surface area contributed by atoms with Crippen LogP contribution in [0.1, 0.15) is 5.56 Å². The van der Waals surface area contributed by atoms with E-state index in [1.165, 1.54) is 17.8 Å². The zero-order valence-electron chi connectivity index (χ0n) is 24.0. The Kier molecular flexibility index (Phi) is 8.40. The Morgan fingerprint density at radius 2 is 1.53 bits per heavy atom. The molecule has 0 atom stereocenters. The molecule has 1 aliphatic heterocycles. The van der Waals surface area contributed by atoms with E-state index in [2.05, 4.69) is 43.7 Å². The molecule has 5 aromatic carbocycles. The second kappa shape index (κ2) is 12.4. The lowest BCUT2D eigenvalue weighted by atomic mass is 10.1. The number of benzene rings is 5. The van der Waals surface area contributed by atoms with Crippen LogP contribution in [0.25, 0.3) is 21.5 Å². The number of aryl methyl sites for hydroxylation is 1.